The Morgan fingerprint density at radius 3 is 2.89 bits per heavy atom. The molecule has 0 bridgehead atoms. The average molecular weight is 262 g/mol. The zero-order valence-electron chi connectivity index (χ0n) is 10.9. The van der Waals surface area contributed by atoms with E-state index in [2.05, 4.69) is 5.32 Å². The van der Waals surface area contributed by atoms with Crippen molar-refractivity contribution in [1.29, 1.82) is 0 Å². The smallest absolute Gasteiger partial charge is 0.264 e. The van der Waals surface area contributed by atoms with Gasteiger partial charge in [0.1, 0.15) is 5.75 Å². The molecule has 2 N–H and O–H groups in total. The number of carbonyl (C=O) groups is 1. The van der Waals surface area contributed by atoms with E-state index < -0.39 is 12.2 Å². The van der Waals surface area contributed by atoms with E-state index in [-0.39, 0.29) is 11.9 Å². The van der Waals surface area contributed by atoms with Crippen LogP contribution >= 0.6 is 0 Å². The number of aliphatic hydroxyl groups is 1. The number of carbonyl (C=O) groups excluding carboxylic acids is 1. The maximum atomic E-state index is 12.4. The minimum Gasteiger partial charge on any atom is -0.480 e. The summed E-state index contributed by atoms with van der Waals surface area (Å²) in [6.45, 7) is 1.16. The van der Waals surface area contributed by atoms with E-state index in [1.165, 1.54) is 0 Å². The standard InChI is InChI=1S/C14H18N2O3/c1-16(10-7-15-8-11(10)17)14(18)13-6-9-4-2-3-5-12(9)19-13/h2-5,10-11,13,15,17H,6-8H2,1H3/t10-,11-,13?/m1/s1. The van der Waals surface area contributed by atoms with E-state index >= 15 is 0 Å². The number of β-amino-alcohol motifs (C(OH)–C–C–N with tert-alkyl or cyclic N) is 1. The summed E-state index contributed by atoms with van der Waals surface area (Å²) in [5.41, 5.74) is 1.07. The van der Waals surface area contributed by atoms with Gasteiger partial charge in [-0.1, -0.05) is 18.2 Å². The lowest BCUT2D eigenvalue weighted by atomic mass is 10.1. The second-order valence-electron chi connectivity index (χ2n) is 5.16. The highest BCUT2D eigenvalue weighted by atomic mass is 16.5. The van der Waals surface area contributed by atoms with Crippen molar-refractivity contribution < 1.29 is 14.6 Å². The van der Waals surface area contributed by atoms with Crippen LogP contribution in [0.25, 0.3) is 0 Å². The normalized spacial score (nSPS) is 28.8. The SMILES string of the molecule is CN(C(=O)C1Cc2ccccc2O1)[C@@H]1CNC[C@H]1O. The van der Waals surface area contributed by atoms with Crippen LogP contribution in [0.15, 0.2) is 24.3 Å². The van der Waals surface area contributed by atoms with Gasteiger partial charge in [0, 0.05) is 26.6 Å². The van der Waals surface area contributed by atoms with E-state index in [1.807, 2.05) is 24.3 Å². The van der Waals surface area contributed by atoms with Crippen molar-refractivity contribution in [3.05, 3.63) is 29.8 Å². The van der Waals surface area contributed by atoms with Gasteiger partial charge in [-0.05, 0) is 11.6 Å². The molecule has 1 aromatic carbocycles. The maximum Gasteiger partial charge on any atom is 0.264 e. The van der Waals surface area contributed by atoms with Crippen molar-refractivity contribution in [3.63, 3.8) is 0 Å². The highest BCUT2D eigenvalue weighted by Crippen LogP contribution is 2.29. The Morgan fingerprint density at radius 2 is 2.21 bits per heavy atom. The monoisotopic (exact) mass is 262 g/mol. The van der Waals surface area contributed by atoms with E-state index in [0.29, 0.717) is 19.5 Å². The Hall–Kier alpha value is -1.59. The molecule has 0 aliphatic carbocycles. The molecular formula is C14H18N2O3. The summed E-state index contributed by atoms with van der Waals surface area (Å²) in [5, 5.41) is 12.9. The van der Waals surface area contributed by atoms with Crippen LogP contribution in [-0.4, -0.2) is 54.3 Å². The Kier molecular flexibility index (Phi) is 3.16. The van der Waals surface area contributed by atoms with Gasteiger partial charge in [-0.25, -0.2) is 0 Å². The van der Waals surface area contributed by atoms with Crippen LogP contribution in [0.3, 0.4) is 0 Å². The van der Waals surface area contributed by atoms with E-state index in [0.717, 1.165) is 11.3 Å². The lowest BCUT2D eigenvalue weighted by Gasteiger charge is -2.28. The van der Waals surface area contributed by atoms with Crippen LogP contribution in [0, 0.1) is 0 Å². The molecule has 102 valence electrons. The number of amides is 1. The minimum absolute atomic E-state index is 0.0658. The molecule has 1 aromatic rings. The molecule has 3 rings (SSSR count). The lowest BCUT2D eigenvalue weighted by molar-refractivity contribution is -0.140. The maximum absolute atomic E-state index is 12.4. The van der Waals surface area contributed by atoms with E-state index in [9.17, 15) is 9.90 Å². The van der Waals surface area contributed by atoms with Crippen LogP contribution in [0.1, 0.15) is 5.56 Å². The number of aliphatic hydroxyl groups excluding tert-OH is 1. The first-order valence-electron chi connectivity index (χ1n) is 6.57. The average Bonchev–Trinajstić information content (AvgIpc) is 3.02. The Labute approximate surface area is 112 Å². The van der Waals surface area contributed by atoms with Crippen molar-refractivity contribution >= 4 is 5.91 Å². The van der Waals surface area contributed by atoms with Crippen molar-refractivity contribution in [1.82, 2.24) is 10.2 Å². The first kappa shape index (κ1) is 12.4. The second-order valence-corrected chi connectivity index (χ2v) is 5.16. The zero-order chi connectivity index (χ0) is 13.4. The molecule has 2 heterocycles. The Bertz CT molecular complexity index is 466. The van der Waals surface area contributed by atoms with Gasteiger partial charge < -0.3 is 20.1 Å². The van der Waals surface area contributed by atoms with Gasteiger partial charge in [0.25, 0.3) is 5.91 Å². The predicted molar refractivity (Wildman–Crippen MR) is 70.0 cm³/mol. The number of ether oxygens (including phenoxy) is 1. The number of nitrogens with one attached hydrogen (secondary N) is 1. The first-order chi connectivity index (χ1) is 9.16. The van der Waals surface area contributed by atoms with Crippen LogP contribution < -0.4 is 10.1 Å². The third-order valence-corrected chi connectivity index (χ3v) is 3.92. The van der Waals surface area contributed by atoms with Gasteiger partial charge in [0.15, 0.2) is 6.10 Å². The lowest BCUT2D eigenvalue weighted by Crippen LogP contribution is -2.49. The Balaban J connectivity index is 1.69. The van der Waals surface area contributed by atoms with Crippen LogP contribution in [0.4, 0.5) is 0 Å². The summed E-state index contributed by atoms with van der Waals surface area (Å²) in [6, 6.07) is 7.55. The van der Waals surface area contributed by atoms with E-state index in [1.54, 1.807) is 11.9 Å². The van der Waals surface area contributed by atoms with Gasteiger partial charge in [-0.2, -0.15) is 0 Å². The van der Waals surface area contributed by atoms with E-state index in [4.69, 9.17) is 4.74 Å². The molecule has 1 fully saturated rings. The Morgan fingerprint density at radius 1 is 1.42 bits per heavy atom. The summed E-state index contributed by atoms with van der Waals surface area (Å²) in [7, 11) is 1.73. The number of benzene rings is 1. The number of hydrogen-bond acceptors (Lipinski definition) is 4. The number of likely N-dealkylation sites (N-methyl/N-ethyl adjacent to an activating group) is 1. The summed E-state index contributed by atoms with van der Waals surface area (Å²) in [5.74, 6) is 0.725. The first-order valence-corrected chi connectivity index (χ1v) is 6.57. The molecule has 0 spiro atoms. The van der Waals surface area contributed by atoms with Gasteiger partial charge in [-0.3, -0.25) is 4.79 Å². The predicted octanol–water partition coefficient (Wildman–Crippen LogP) is -0.219. The highest BCUT2D eigenvalue weighted by molar-refractivity contribution is 5.82. The largest absolute Gasteiger partial charge is 0.480 e. The van der Waals surface area contributed by atoms with Gasteiger partial charge >= 0.3 is 0 Å². The highest BCUT2D eigenvalue weighted by Gasteiger charge is 2.37. The fourth-order valence-corrected chi connectivity index (χ4v) is 2.76. The molecule has 5 nitrogen and oxygen atoms in total. The molecule has 0 aromatic heterocycles. The molecule has 5 heteroatoms. The van der Waals surface area contributed by atoms with Crippen LogP contribution in [0.5, 0.6) is 5.75 Å². The van der Waals surface area contributed by atoms with Crippen LogP contribution in [0.2, 0.25) is 0 Å². The number of nitrogens with zero attached hydrogens (tertiary/aromatic N) is 1. The van der Waals surface area contributed by atoms with Crippen molar-refractivity contribution in [2.45, 2.75) is 24.7 Å². The molecular weight excluding hydrogens is 244 g/mol. The van der Waals surface area contributed by atoms with Gasteiger partial charge in [0.05, 0.1) is 12.1 Å². The number of rotatable bonds is 2. The summed E-state index contributed by atoms with van der Waals surface area (Å²) >= 11 is 0. The molecule has 0 saturated carbocycles. The second kappa shape index (κ2) is 4.83. The third kappa shape index (κ3) is 2.19. The summed E-state index contributed by atoms with van der Waals surface area (Å²) in [4.78, 5) is 14.0. The number of fused-ring (bicyclic) bond motifs is 1. The van der Waals surface area contributed by atoms with Gasteiger partial charge in [0.2, 0.25) is 0 Å². The van der Waals surface area contributed by atoms with Crippen LogP contribution in [-0.2, 0) is 11.2 Å². The fraction of sp³-hybridized carbons (Fsp3) is 0.500. The molecule has 3 atom stereocenters. The molecule has 2 aliphatic rings. The number of hydrogen-bond donors (Lipinski definition) is 2. The summed E-state index contributed by atoms with van der Waals surface area (Å²) < 4.78 is 5.69. The minimum atomic E-state index is -0.502. The molecule has 1 amide bonds. The topological polar surface area (TPSA) is 61.8 Å². The van der Waals surface area contributed by atoms with Crippen molar-refractivity contribution in [2.24, 2.45) is 0 Å². The molecule has 1 saturated heterocycles. The van der Waals surface area contributed by atoms with Crippen molar-refractivity contribution in [2.75, 3.05) is 20.1 Å². The number of para-hydroxylation sites is 1. The third-order valence-electron chi connectivity index (χ3n) is 3.92. The van der Waals surface area contributed by atoms with Gasteiger partial charge in [-0.15, -0.1) is 0 Å². The molecule has 1 unspecified atom stereocenters. The summed E-state index contributed by atoms with van der Waals surface area (Å²) in [6.07, 6.45) is -0.358. The zero-order valence-corrected chi connectivity index (χ0v) is 10.9. The quantitative estimate of drug-likeness (QED) is 0.773. The molecule has 2 aliphatic heterocycles. The molecule has 0 radical (unpaired) electrons. The van der Waals surface area contributed by atoms with Crippen molar-refractivity contribution in [3.8, 4) is 5.75 Å². The molecule has 19 heavy (non-hydrogen) atoms. The fourth-order valence-electron chi connectivity index (χ4n) is 2.76.